The van der Waals surface area contributed by atoms with Gasteiger partial charge in [0, 0.05) is 44.5 Å². The molecule has 3 aromatic rings. The Morgan fingerprint density at radius 2 is 0.558 bits per heavy atom. The van der Waals surface area contributed by atoms with E-state index in [1.807, 2.05) is 0 Å². The molecule has 258 valence electrons. The summed E-state index contributed by atoms with van der Waals surface area (Å²) in [5, 5.41) is 0. The van der Waals surface area contributed by atoms with Gasteiger partial charge in [0.2, 0.25) is 0 Å². The fourth-order valence-corrected chi connectivity index (χ4v) is 6.57. The quantitative estimate of drug-likeness (QED) is 0.227. The Balaban J connectivity index is 1.45. The highest BCUT2D eigenvalue weighted by atomic mass is 19.2. The Hall–Kier alpha value is -6.04. The first-order chi connectivity index (χ1) is 24.6. The maximum absolute atomic E-state index is 15.3. The minimum atomic E-state index is -1.76. The summed E-state index contributed by atoms with van der Waals surface area (Å²) in [6, 6.07) is 0. The number of hydrogen-bond donors (Lipinski definition) is 2. The molecule has 52 heavy (non-hydrogen) atoms. The molecule has 0 saturated heterocycles. The molecule has 8 bridgehead atoms. The van der Waals surface area contributed by atoms with Crippen LogP contribution in [-0.4, -0.2) is 62.5 Å². The van der Waals surface area contributed by atoms with Gasteiger partial charge in [-0.3, -0.25) is 0 Å². The molecule has 0 saturated carbocycles. The largest absolute Gasteiger partial charge is 0.324 e. The summed E-state index contributed by atoms with van der Waals surface area (Å²) < 4.78 is 61.4. The molecular weight excluding hydrogens is 668 g/mol. The fraction of sp³-hybridized carbons (Fsp3) is 0.200. The van der Waals surface area contributed by atoms with Crippen LogP contribution in [0, 0.1) is 0 Å². The number of allylic oxidation sites excluding steroid dienone is 16. The van der Waals surface area contributed by atoms with E-state index < -0.39 is 22.7 Å². The monoisotopic (exact) mass is 698 g/mol. The van der Waals surface area contributed by atoms with Crippen molar-refractivity contribution in [2.24, 2.45) is 0 Å². The zero-order valence-electron chi connectivity index (χ0n) is 28.4. The van der Waals surface area contributed by atoms with Gasteiger partial charge < -0.3 is 9.97 Å². The topological polar surface area (TPSA) is 109 Å². The van der Waals surface area contributed by atoms with E-state index in [2.05, 4.69) is 9.97 Å². The lowest BCUT2D eigenvalue weighted by molar-refractivity contribution is 0.328. The zero-order valence-corrected chi connectivity index (χ0v) is 28.4. The molecule has 8 nitrogen and oxygen atoms in total. The van der Waals surface area contributed by atoms with Crippen LogP contribution in [0.5, 0.6) is 0 Å². The second-order valence-electron chi connectivity index (χ2n) is 14.2. The Bertz CT molecular complexity index is 2290. The van der Waals surface area contributed by atoms with Gasteiger partial charge in [-0.05, 0) is 76.3 Å². The van der Waals surface area contributed by atoms with Gasteiger partial charge in [0.25, 0.3) is 0 Å². The van der Waals surface area contributed by atoms with Crippen LogP contribution in [0.2, 0.25) is 0 Å². The molecule has 2 N–H and O–H groups in total. The Labute approximate surface area is 295 Å². The summed E-state index contributed by atoms with van der Waals surface area (Å²) in [7, 11) is 0. The van der Waals surface area contributed by atoms with Crippen molar-refractivity contribution in [2.45, 2.75) is 50.4 Å². The minimum absolute atomic E-state index is 0.229. The van der Waals surface area contributed by atoms with Gasteiger partial charge in [0.05, 0.1) is 0 Å². The Morgan fingerprint density at radius 3 is 0.788 bits per heavy atom. The molecule has 9 rings (SSSR count). The van der Waals surface area contributed by atoms with Crippen molar-refractivity contribution in [1.29, 1.82) is 0 Å². The van der Waals surface area contributed by atoms with Crippen molar-refractivity contribution >= 4 is 69.2 Å². The van der Waals surface area contributed by atoms with Gasteiger partial charge in [0.15, 0.2) is 23.3 Å². The van der Waals surface area contributed by atoms with Crippen molar-refractivity contribution in [1.82, 2.24) is 39.9 Å². The smallest absolute Gasteiger partial charge is 0.164 e. The Morgan fingerprint density at radius 1 is 0.346 bits per heavy atom. The molecule has 5 heterocycles. The molecule has 2 aliphatic heterocycles. The molecule has 6 aliphatic rings. The summed E-state index contributed by atoms with van der Waals surface area (Å²) in [4.78, 5) is 35.9. The zero-order chi connectivity index (χ0) is 36.2. The third kappa shape index (κ3) is 5.45. The number of rotatable bonds is 0. The van der Waals surface area contributed by atoms with Gasteiger partial charge in [-0.2, -0.15) is 0 Å². The second kappa shape index (κ2) is 10.7. The average Bonchev–Trinajstić information content (AvgIpc) is 3.62. The molecule has 0 radical (unpaired) electrons. The van der Waals surface area contributed by atoms with Gasteiger partial charge in [-0.1, -0.05) is 48.6 Å². The van der Waals surface area contributed by atoms with Crippen molar-refractivity contribution in [2.75, 3.05) is 0 Å². The summed E-state index contributed by atoms with van der Waals surface area (Å²) in [6.45, 7) is 5.73. The molecule has 0 fully saturated rings. The number of nitrogens with one attached hydrogen (secondary N) is 2. The van der Waals surface area contributed by atoms with E-state index in [4.69, 9.17) is 29.9 Å². The van der Waals surface area contributed by atoms with Crippen LogP contribution in [0.15, 0.2) is 72.9 Å². The van der Waals surface area contributed by atoms with Crippen LogP contribution in [0.25, 0.3) is 69.2 Å². The SMILES string of the molecule is CC1(F)C=CC2=C(C=C1)c1nc2nc2[nH]c(nc3nc(nc4[nH]c(n1)c1c4C=CC(C)(F)C=C1)C1=C3C=CC(C)(F)C=C1)c1c2C=CC(C)(F)C=C1. The maximum Gasteiger partial charge on any atom is 0.164 e. The van der Waals surface area contributed by atoms with E-state index in [9.17, 15) is 0 Å². The fourth-order valence-electron chi connectivity index (χ4n) is 6.57. The highest BCUT2D eigenvalue weighted by Gasteiger charge is 2.29. The minimum Gasteiger partial charge on any atom is -0.324 e. The molecule has 4 aliphatic carbocycles. The molecule has 12 heteroatoms. The van der Waals surface area contributed by atoms with Gasteiger partial charge in [-0.25, -0.2) is 47.5 Å². The highest BCUT2D eigenvalue weighted by molar-refractivity contribution is 6.02. The van der Waals surface area contributed by atoms with Crippen LogP contribution in [-0.2, 0) is 0 Å². The van der Waals surface area contributed by atoms with Gasteiger partial charge in [0.1, 0.15) is 45.3 Å². The number of aromatic amines is 2. The van der Waals surface area contributed by atoms with Crippen LogP contribution in [0.4, 0.5) is 17.6 Å². The van der Waals surface area contributed by atoms with Crippen molar-refractivity contribution < 1.29 is 17.6 Å². The normalized spacial score (nSPS) is 28.3. The van der Waals surface area contributed by atoms with E-state index >= 15 is 17.6 Å². The summed E-state index contributed by atoms with van der Waals surface area (Å²) in [5.74, 6) is 0.914. The van der Waals surface area contributed by atoms with E-state index in [-0.39, 0.29) is 23.3 Å². The molecule has 0 amide bonds. The van der Waals surface area contributed by atoms with Crippen molar-refractivity contribution in [3.63, 3.8) is 0 Å². The second-order valence-corrected chi connectivity index (χ2v) is 14.2. The number of fused-ring (bicyclic) bond motifs is 18. The maximum atomic E-state index is 15.3. The lowest BCUT2D eigenvalue weighted by Crippen LogP contribution is -2.08. The summed E-state index contributed by atoms with van der Waals surface area (Å²) >= 11 is 0. The van der Waals surface area contributed by atoms with E-state index in [0.29, 0.717) is 67.1 Å². The number of H-pyrrole nitrogens is 2. The van der Waals surface area contributed by atoms with E-state index in [1.165, 1.54) is 76.3 Å². The summed E-state index contributed by atoms with van der Waals surface area (Å²) in [5.41, 5.74) is -1.55. The lowest BCUT2D eigenvalue weighted by Gasteiger charge is -2.07. The number of hydrogen-bond acceptors (Lipinski definition) is 6. The van der Waals surface area contributed by atoms with Crippen LogP contribution < -0.4 is 0 Å². The van der Waals surface area contributed by atoms with E-state index in [0.717, 1.165) is 0 Å². The molecule has 0 aromatic carbocycles. The van der Waals surface area contributed by atoms with Crippen molar-refractivity contribution in [3.8, 4) is 0 Å². The first kappa shape index (κ1) is 31.9. The molecule has 0 atom stereocenters. The third-order valence-electron chi connectivity index (χ3n) is 9.52. The summed E-state index contributed by atoms with van der Waals surface area (Å²) in [6.07, 6.45) is 24.3. The molecule has 0 unspecified atom stereocenters. The number of nitrogens with zero attached hydrogens (tertiary/aromatic N) is 6. The number of halogens is 4. The highest BCUT2D eigenvalue weighted by Crippen LogP contribution is 2.39. The van der Waals surface area contributed by atoms with Crippen LogP contribution in [0.1, 0.15) is 73.2 Å². The standard InChI is InChI=1S/C40H30F4N8/c1-37(41)13-5-21-22(6-14-37)30-45-29(21)49-31-23-7-15-38(2,42)17-9-25(23)33(46-31)51-35-27-11-19-40(4,44)20-12-28(27)36(48-35)52-34-26-10-18-39(3,43)16-8-24(26)32(47-34)50-30/h5-20H,1-4H3,(H2,45,46,47,48,49,50,51,52). The molecular formula is C40H30F4N8. The average molecular weight is 699 g/mol. The van der Waals surface area contributed by atoms with Crippen molar-refractivity contribution in [3.05, 3.63) is 118 Å². The number of aromatic nitrogens is 8. The predicted molar refractivity (Wildman–Crippen MR) is 197 cm³/mol. The number of alkyl halides is 4. The van der Waals surface area contributed by atoms with E-state index in [1.54, 1.807) is 48.6 Å². The van der Waals surface area contributed by atoms with Crippen LogP contribution in [0.3, 0.4) is 0 Å². The predicted octanol–water partition coefficient (Wildman–Crippen LogP) is 8.96. The molecule has 3 aromatic heterocycles. The van der Waals surface area contributed by atoms with Gasteiger partial charge >= 0.3 is 0 Å². The lowest BCUT2D eigenvalue weighted by atomic mass is 10.1. The van der Waals surface area contributed by atoms with Crippen LogP contribution >= 0.6 is 0 Å². The third-order valence-corrected chi connectivity index (χ3v) is 9.52. The molecule has 0 spiro atoms. The first-order valence-electron chi connectivity index (χ1n) is 16.7. The first-order valence-corrected chi connectivity index (χ1v) is 16.7. The Kier molecular flexibility index (Phi) is 6.59. The van der Waals surface area contributed by atoms with Gasteiger partial charge in [-0.15, -0.1) is 0 Å².